The van der Waals surface area contributed by atoms with Crippen molar-refractivity contribution in [2.45, 2.75) is 75.9 Å². The molecule has 1 atom stereocenters. The van der Waals surface area contributed by atoms with E-state index < -0.39 is 0 Å². The molecule has 1 aliphatic heterocycles. The lowest BCUT2D eigenvalue weighted by molar-refractivity contribution is -0.0641. The van der Waals surface area contributed by atoms with Gasteiger partial charge in [0.05, 0.1) is 18.3 Å². The maximum atomic E-state index is 6.52. The number of nitrogens with one attached hydrogen (secondary N) is 1. The minimum absolute atomic E-state index is 0.305. The van der Waals surface area contributed by atoms with Gasteiger partial charge in [0.15, 0.2) is 0 Å². The molecule has 3 heteroatoms. The lowest BCUT2D eigenvalue weighted by Crippen LogP contribution is -2.43. The summed E-state index contributed by atoms with van der Waals surface area (Å²) in [6, 6.07) is 0. The molecule has 1 heterocycles. The van der Waals surface area contributed by atoms with Gasteiger partial charge in [-0.1, -0.05) is 19.3 Å². The predicted molar refractivity (Wildman–Crippen MR) is 81.0 cm³/mol. The first-order valence-electron chi connectivity index (χ1n) is 8.64. The van der Waals surface area contributed by atoms with E-state index in [1.54, 1.807) is 7.11 Å². The Morgan fingerprint density at radius 1 is 1.10 bits per heavy atom. The van der Waals surface area contributed by atoms with Crippen LogP contribution in [0.4, 0.5) is 0 Å². The topological polar surface area (TPSA) is 30.5 Å². The van der Waals surface area contributed by atoms with Crippen LogP contribution in [0.2, 0.25) is 0 Å². The number of methoxy groups -OCH3 is 1. The SMILES string of the molecule is COCCNCC1(CC2CCC3(CCCC3)O2)CCC1. The van der Waals surface area contributed by atoms with Gasteiger partial charge in [-0.05, 0) is 50.4 Å². The highest BCUT2D eigenvalue weighted by Gasteiger charge is 2.46. The number of hydrogen-bond donors (Lipinski definition) is 1. The highest BCUT2D eigenvalue weighted by molar-refractivity contribution is 4.97. The zero-order valence-corrected chi connectivity index (χ0v) is 13.1. The highest BCUT2D eigenvalue weighted by Crippen LogP contribution is 2.50. The second-order valence-electron chi connectivity index (χ2n) is 7.40. The van der Waals surface area contributed by atoms with Crippen LogP contribution in [0.1, 0.15) is 64.2 Å². The molecule has 0 amide bonds. The van der Waals surface area contributed by atoms with Crippen molar-refractivity contribution in [1.82, 2.24) is 5.32 Å². The van der Waals surface area contributed by atoms with E-state index in [2.05, 4.69) is 5.32 Å². The van der Waals surface area contributed by atoms with Crippen molar-refractivity contribution in [2.75, 3.05) is 26.8 Å². The molecule has 0 radical (unpaired) electrons. The van der Waals surface area contributed by atoms with Crippen LogP contribution in [0.5, 0.6) is 0 Å². The normalized spacial score (nSPS) is 30.8. The smallest absolute Gasteiger partial charge is 0.0687 e. The minimum atomic E-state index is 0.305. The molecule has 0 bridgehead atoms. The van der Waals surface area contributed by atoms with Gasteiger partial charge in [0.25, 0.3) is 0 Å². The quantitative estimate of drug-likeness (QED) is 0.727. The molecule has 1 spiro atoms. The van der Waals surface area contributed by atoms with E-state index in [0.29, 0.717) is 17.1 Å². The molecule has 3 aliphatic rings. The average molecular weight is 281 g/mol. The molecular weight excluding hydrogens is 250 g/mol. The van der Waals surface area contributed by atoms with Crippen molar-refractivity contribution in [2.24, 2.45) is 5.41 Å². The van der Waals surface area contributed by atoms with Gasteiger partial charge in [0.2, 0.25) is 0 Å². The summed E-state index contributed by atoms with van der Waals surface area (Å²) >= 11 is 0. The summed E-state index contributed by atoms with van der Waals surface area (Å²) in [5.74, 6) is 0. The zero-order chi connectivity index (χ0) is 13.9. The van der Waals surface area contributed by atoms with Crippen LogP contribution in [-0.4, -0.2) is 38.5 Å². The molecule has 0 aromatic heterocycles. The van der Waals surface area contributed by atoms with E-state index >= 15 is 0 Å². The Labute approximate surface area is 123 Å². The van der Waals surface area contributed by atoms with Crippen LogP contribution in [-0.2, 0) is 9.47 Å². The summed E-state index contributed by atoms with van der Waals surface area (Å²) in [6.45, 7) is 2.95. The molecule has 1 saturated heterocycles. The second-order valence-corrected chi connectivity index (χ2v) is 7.40. The molecule has 1 unspecified atom stereocenters. The molecule has 20 heavy (non-hydrogen) atoms. The Morgan fingerprint density at radius 3 is 2.55 bits per heavy atom. The van der Waals surface area contributed by atoms with E-state index in [-0.39, 0.29) is 0 Å². The van der Waals surface area contributed by atoms with Crippen molar-refractivity contribution in [1.29, 1.82) is 0 Å². The number of hydrogen-bond acceptors (Lipinski definition) is 3. The van der Waals surface area contributed by atoms with Gasteiger partial charge in [-0.2, -0.15) is 0 Å². The Balaban J connectivity index is 1.46. The summed E-state index contributed by atoms with van der Waals surface area (Å²) in [5.41, 5.74) is 0.835. The first-order valence-corrected chi connectivity index (χ1v) is 8.64. The summed E-state index contributed by atoms with van der Waals surface area (Å²) in [6.07, 6.45) is 14.1. The Morgan fingerprint density at radius 2 is 1.90 bits per heavy atom. The van der Waals surface area contributed by atoms with Gasteiger partial charge in [0.1, 0.15) is 0 Å². The van der Waals surface area contributed by atoms with Gasteiger partial charge in [0, 0.05) is 20.2 Å². The van der Waals surface area contributed by atoms with E-state index in [9.17, 15) is 0 Å². The van der Waals surface area contributed by atoms with Crippen molar-refractivity contribution in [3.05, 3.63) is 0 Å². The summed E-state index contributed by atoms with van der Waals surface area (Å²) in [4.78, 5) is 0. The highest BCUT2D eigenvalue weighted by atomic mass is 16.5. The number of rotatable bonds is 7. The fourth-order valence-corrected chi connectivity index (χ4v) is 4.57. The largest absolute Gasteiger partial charge is 0.383 e. The van der Waals surface area contributed by atoms with E-state index in [0.717, 1.165) is 19.7 Å². The van der Waals surface area contributed by atoms with Crippen LogP contribution in [0, 0.1) is 5.41 Å². The Hall–Kier alpha value is -0.120. The van der Waals surface area contributed by atoms with E-state index in [4.69, 9.17) is 9.47 Å². The predicted octanol–water partition coefficient (Wildman–Crippen LogP) is 3.27. The van der Waals surface area contributed by atoms with Gasteiger partial charge in [-0.15, -0.1) is 0 Å². The fraction of sp³-hybridized carbons (Fsp3) is 1.00. The Bertz CT molecular complexity index is 308. The average Bonchev–Trinajstić information content (AvgIpc) is 3.02. The molecule has 116 valence electrons. The molecule has 3 rings (SSSR count). The lowest BCUT2D eigenvalue weighted by Gasteiger charge is -2.44. The fourth-order valence-electron chi connectivity index (χ4n) is 4.57. The van der Waals surface area contributed by atoms with Crippen molar-refractivity contribution < 1.29 is 9.47 Å². The first-order chi connectivity index (χ1) is 9.76. The van der Waals surface area contributed by atoms with E-state index in [1.165, 1.54) is 64.2 Å². The monoisotopic (exact) mass is 281 g/mol. The standard InChI is InChI=1S/C17H31NO2/c1-19-12-11-18-14-16(6-4-7-16)13-15-5-10-17(20-15)8-2-3-9-17/h15,18H,2-14H2,1H3. The van der Waals surface area contributed by atoms with Crippen molar-refractivity contribution in [3.63, 3.8) is 0 Å². The minimum Gasteiger partial charge on any atom is -0.383 e. The maximum Gasteiger partial charge on any atom is 0.0687 e. The summed E-state index contributed by atoms with van der Waals surface area (Å²) in [7, 11) is 1.77. The van der Waals surface area contributed by atoms with Crippen molar-refractivity contribution >= 4 is 0 Å². The van der Waals surface area contributed by atoms with Crippen LogP contribution >= 0.6 is 0 Å². The molecule has 2 saturated carbocycles. The van der Waals surface area contributed by atoms with Crippen LogP contribution < -0.4 is 5.32 Å². The molecule has 3 nitrogen and oxygen atoms in total. The third-order valence-corrected chi connectivity index (χ3v) is 5.91. The Kier molecular flexibility index (Phi) is 4.68. The van der Waals surface area contributed by atoms with E-state index in [1.807, 2.05) is 0 Å². The molecule has 3 fully saturated rings. The molecular formula is C17H31NO2. The maximum absolute atomic E-state index is 6.52. The first kappa shape index (κ1) is 14.8. The van der Waals surface area contributed by atoms with Crippen molar-refractivity contribution in [3.8, 4) is 0 Å². The van der Waals surface area contributed by atoms with Crippen LogP contribution in [0.25, 0.3) is 0 Å². The third-order valence-electron chi connectivity index (χ3n) is 5.91. The molecule has 2 aliphatic carbocycles. The molecule has 1 N–H and O–H groups in total. The third kappa shape index (κ3) is 3.20. The lowest BCUT2D eigenvalue weighted by atomic mass is 9.65. The summed E-state index contributed by atoms with van der Waals surface area (Å²) in [5, 5.41) is 3.58. The van der Waals surface area contributed by atoms with Gasteiger partial charge in [-0.25, -0.2) is 0 Å². The van der Waals surface area contributed by atoms with Gasteiger partial charge >= 0.3 is 0 Å². The molecule has 0 aromatic carbocycles. The van der Waals surface area contributed by atoms with Crippen LogP contribution in [0.15, 0.2) is 0 Å². The zero-order valence-electron chi connectivity index (χ0n) is 13.1. The molecule has 0 aromatic rings. The number of ether oxygens (including phenoxy) is 2. The second kappa shape index (κ2) is 6.33. The van der Waals surface area contributed by atoms with Gasteiger partial charge < -0.3 is 14.8 Å². The van der Waals surface area contributed by atoms with Crippen LogP contribution in [0.3, 0.4) is 0 Å². The summed E-state index contributed by atoms with van der Waals surface area (Å²) < 4.78 is 11.6. The van der Waals surface area contributed by atoms with Gasteiger partial charge in [-0.3, -0.25) is 0 Å².